The molecule has 0 aliphatic heterocycles. The van der Waals surface area contributed by atoms with Gasteiger partial charge in [-0.1, -0.05) is 13.2 Å². The van der Waals surface area contributed by atoms with Crippen LogP contribution in [0.4, 0.5) is 0 Å². The van der Waals surface area contributed by atoms with Gasteiger partial charge in [-0.2, -0.15) is 0 Å². The van der Waals surface area contributed by atoms with Crippen molar-refractivity contribution in [2.24, 2.45) is 0 Å². The lowest BCUT2D eigenvalue weighted by atomic mass is 10.4. The van der Waals surface area contributed by atoms with Crippen molar-refractivity contribution in [1.82, 2.24) is 0 Å². The van der Waals surface area contributed by atoms with Crippen LogP contribution in [0.2, 0.25) is 0 Å². The number of carbonyl (C=O) groups excluding carboxylic acids is 1. The van der Waals surface area contributed by atoms with Gasteiger partial charge in [-0.3, -0.25) is 4.79 Å². The molecule has 2 nitrogen and oxygen atoms in total. The summed E-state index contributed by atoms with van der Waals surface area (Å²) in [5.41, 5.74) is 0. The zero-order valence-corrected chi connectivity index (χ0v) is 5.63. The largest absolute Gasteiger partial charge is 0.397 e. The standard InChI is InChI=1S/C5H6O.C2H6O/c1-3-5(6)4-2;1-2-3/h3-4H,1-2H2;3H,2H2,1H3. The van der Waals surface area contributed by atoms with Crippen molar-refractivity contribution in [3.05, 3.63) is 25.3 Å². The minimum atomic E-state index is -0.130. The molecule has 52 valence electrons. The average Bonchev–Trinajstić information content (AvgIpc) is 1.88. The number of hydrogen-bond acceptors (Lipinski definition) is 2. The molecule has 0 aromatic rings. The first-order valence-corrected chi connectivity index (χ1v) is 2.62. The van der Waals surface area contributed by atoms with Crippen LogP contribution in [-0.4, -0.2) is 17.5 Å². The Labute approximate surface area is 55.5 Å². The quantitative estimate of drug-likeness (QED) is 0.561. The van der Waals surface area contributed by atoms with Crippen molar-refractivity contribution >= 4 is 5.78 Å². The highest BCUT2D eigenvalue weighted by Crippen LogP contribution is 1.68. The predicted octanol–water partition coefficient (Wildman–Crippen LogP) is 0.926. The molecule has 0 amide bonds. The molecule has 0 aliphatic carbocycles. The maximum atomic E-state index is 9.94. The molecule has 0 fully saturated rings. The Morgan fingerprint density at radius 3 is 1.78 bits per heavy atom. The van der Waals surface area contributed by atoms with Crippen molar-refractivity contribution in [3.8, 4) is 0 Å². The lowest BCUT2D eigenvalue weighted by molar-refractivity contribution is -0.110. The average molecular weight is 128 g/mol. The number of hydrogen-bond donors (Lipinski definition) is 1. The molecule has 0 aromatic heterocycles. The lowest BCUT2D eigenvalue weighted by Gasteiger charge is -1.68. The van der Waals surface area contributed by atoms with Crippen LogP contribution in [0, 0.1) is 0 Å². The van der Waals surface area contributed by atoms with Gasteiger partial charge in [0, 0.05) is 6.61 Å². The van der Waals surface area contributed by atoms with Gasteiger partial charge in [-0.25, -0.2) is 0 Å². The Morgan fingerprint density at radius 1 is 1.56 bits per heavy atom. The summed E-state index contributed by atoms with van der Waals surface area (Å²) < 4.78 is 0. The van der Waals surface area contributed by atoms with Crippen LogP contribution in [0.25, 0.3) is 0 Å². The topological polar surface area (TPSA) is 37.3 Å². The molecule has 0 bridgehead atoms. The molecule has 0 unspecified atom stereocenters. The summed E-state index contributed by atoms with van der Waals surface area (Å²) >= 11 is 0. The fourth-order valence-corrected chi connectivity index (χ4v) is 0.0833. The molecule has 0 aliphatic rings. The Morgan fingerprint density at radius 2 is 1.78 bits per heavy atom. The third-order valence-electron chi connectivity index (χ3n) is 0.402. The van der Waals surface area contributed by atoms with Crippen molar-refractivity contribution in [1.29, 1.82) is 0 Å². The molecule has 0 aromatic carbocycles. The summed E-state index contributed by atoms with van der Waals surface area (Å²) in [6, 6.07) is 0. The van der Waals surface area contributed by atoms with Crippen molar-refractivity contribution in [2.45, 2.75) is 6.92 Å². The van der Waals surface area contributed by atoms with Crippen LogP contribution in [0.3, 0.4) is 0 Å². The second kappa shape index (κ2) is 10.2. The van der Waals surface area contributed by atoms with Gasteiger partial charge in [0.15, 0.2) is 5.78 Å². The number of carbonyl (C=O) groups is 1. The molecule has 1 N–H and O–H groups in total. The SMILES string of the molecule is C=CC(=O)C=C.CCO. The van der Waals surface area contributed by atoms with E-state index in [1.165, 1.54) is 12.2 Å². The van der Waals surface area contributed by atoms with E-state index >= 15 is 0 Å². The van der Waals surface area contributed by atoms with Gasteiger partial charge in [0.05, 0.1) is 0 Å². The Bertz CT molecular complexity index is 85.1. The van der Waals surface area contributed by atoms with Gasteiger partial charge in [0.2, 0.25) is 0 Å². The zero-order chi connectivity index (χ0) is 7.70. The minimum absolute atomic E-state index is 0.130. The minimum Gasteiger partial charge on any atom is -0.397 e. The van der Waals surface area contributed by atoms with Crippen LogP contribution in [0.5, 0.6) is 0 Å². The van der Waals surface area contributed by atoms with Gasteiger partial charge in [-0.05, 0) is 19.1 Å². The summed E-state index contributed by atoms with van der Waals surface area (Å²) in [6.45, 7) is 8.35. The first-order valence-electron chi connectivity index (χ1n) is 2.62. The molecule has 0 atom stereocenters. The van der Waals surface area contributed by atoms with Crippen molar-refractivity contribution in [3.63, 3.8) is 0 Å². The van der Waals surface area contributed by atoms with Crippen LogP contribution in [0.1, 0.15) is 6.92 Å². The van der Waals surface area contributed by atoms with Gasteiger partial charge < -0.3 is 5.11 Å². The normalized spacial score (nSPS) is 6.44. The van der Waals surface area contributed by atoms with Gasteiger partial charge in [0.1, 0.15) is 0 Å². The highest BCUT2D eigenvalue weighted by atomic mass is 16.2. The summed E-state index contributed by atoms with van der Waals surface area (Å²) in [5.74, 6) is -0.130. The van der Waals surface area contributed by atoms with Crippen LogP contribution < -0.4 is 0 Å². The molecular formula is C7H12O2. The molecule has 0 rings (SSSR count). The van der Waals surface area contributed by atoms with Crippen molar-refractivity contribution < 1.29 is 9.90 Å². The monoisotopic (exact) mass is 128 g/mol. The molecule has 0 heterocycles. The molecular weight excluding hydrogens is 116 g/mol. The summed E-state index contributed by atoms with van der Waals surface area (Å²) in [7, 11) is 0. The fraction of sp³-hybridized carbons (Fsp3) is 0.286. The van der Waals surface area contributed by atoms with E-state index in [0.717, 1.165) is 0 Å². The van der Waals surface area contributed by atoms with Crippen LogP contribution >= 0.6 is 0 Å². The van der Waals surface area contributed by atoms with E-state index in [1.54, 1.807) is 6.92 Å². The Balaban J connectivity index is 0. The molecule has 9 heavy (non-hydrogen) atoms. The lowest BCUT2D eigenvalue weighted by Crippen LogP contribution is -1.78. The number of ketones is 1. The predicted molar refractivity (Wildman–Crippen MR) is 38.2 cm³/mol. The van der Waals surface area contributed by atoms with Crippen LogP contribution in [-0.2, 0) is 4.79 Å². The Kier molecular flexibility index (Phi) is 12.4. The summed E-state index contributed by atoms with van der Waals surface area (Å²) in [4.78, 5) is 9.94. The summed E-state index contributed by atoms with van der Waals surface area (Å²) in [6.07, 6.45) is 2.43. The molecule has 0 radical (unpaired) electrons. The van der Waals surface area contributed by atoms with Gasteiger partial charge in [0.25, 0.3) is 0 Å². The third kappa shape index (κ3) is 19.2. The van der Waals surface area contributed by atoms with E-state index in [2.05, 4.69) is 13.2 Å². The summed E-state index contributed by atoms with van der Waals surface area (Å²) in [5, 5.41) is 7.57. The molecule has 0 saturated heterocycles. The van der Waals surface area contributed by atoms with E-state index in [1.807, 2.05) is 0 Å². The van der Waals surface area contributed by atoms with E-state index in [4.69, 9.17) is 5.11 Å². The third-order valence-corrected chi connectivity index (χ3v) is 0.402. The Hall–Kier alpha value is -0.890. The van der Waals surface area contributed by atoms with E-state index < -0.39 is 0 Å². The highest BCUT2D eigenvalue weighted by molar-refractivity contribution is 5.98. The van der Waals surface area contributed by atoms with E-state index in [9.17, 15) is 4.79 Å². The number of rotatable bonds is 2. The number of aliphatic hydroxyl groups excluding tert-OH is 1. The number of allylic oxidation sites excluding steroid dienone is 2. The van der Waals surface area contributed by atoms with Gasteiger partial charge >= 0.3 is 0 Å². The van der Waals surface area contributed by atoms with Gasteiger partial charge in [-0.15, -0.1) is 0 Å². The first-order chi connectivity index (χ1) is 4.22. The van der Waals surface area contributed by atoms with E-state index in [0.29, 0.717) is 0 Å². The maximum Gasteiger partial charge on any atom is 0.177 e. The fourth-order valence-electron chi connectivity index (χ4n) is 0.0833. The zero-order valence-electron chi connectivity index (χ0n) is 5.63. The number of aliphatic hydroxyl groups is 1. The molecule has 0 spiro atoms. The second-order valence-corrected chi connectivity index (χ2v) is 1.13. The maximum absolute atomic E-state index is 9.94. The van der Waals surface area contributed by atoms with Crippen molar-refractivity contribution in [2.75, 3.05) is 6.61 Å². The van der Waals surface area contributed by atoms with E-state index in [-0.39, 0.29) is 12.4 Å². The van der Waals surface area contributed by atoms with Crippen LogP contribution in [0.15, 0.2) is 25.3 Å². The second-order valence-electron chi connectivity index (χ2n) is 1.13. The molecule has 2 heteroatoms. The molecule has 0 saturated carbocycles. The smallest absolute Gasteiger partial charge is 0.177 e. The first kappa shape index (κ1) is 11.0. The highest BCUT2D eigenvalue weighted by Gasteiger charge is 1.75.